The first-order chi connectivity index (χ1) is 11.1. The molecule has 130 valence electrons. The van der Waals surface area contributed by atoms with Gasteiger partial charge in [-0.25, -0.2) is 8.78 Å². The highest BCUT2D eigenvalue weighted by Crippen LogP contribution is 2.18. The molecule has 2 aromatic rings. The minimum Gasteiger partial charge on any atom is -0.357 e. The van der Waals surface area contributed by atoms with Crippen molar-refractivity contribution in [2.24, 2.45) is 0 Å². The first kappa shape index (κ1) is 17.7. The van der Waals surface area contributed by atoms with Crippen molar-refractivity contribution in [2.45, 2.75) is 25.7 Å². The number of carbonyl (C=O) groups is 1. The number of aromatic nitrogens is 2. The lowest BCUT2D eigenvalue weighted by molar-refractivity contribution is -0.142. The van der Waals surface area contributed by atoms with Crippen molar-refractivity contribution in [3.8, 4) is 0 Å². The number of benzene rings is 1. The molecule has 2 N–H and O–H groups in total. The van der Waals surface area contributed by atoms with Crippen LogP contribution >= 0.6 is 0 Å². The lowest BCUT2D eigenvalue weighted by atomic mass is 10.2. The van der Waals surface area contributed by atoms with Crippen molar-refractivity contribution in [3.05, 3.63) is 42.1 Å². The third kappa shape index (κ3) is 4.93. The molecule has 2 rings (SSSR count). The Kier molecular flexibility index (Phi) is 5.05. The van der Waals surface area contributed by atoms with Crippen molar-refractivity contribution in [1.29, 1.82) is 0 Å². The zero-order valence-electron chi connectivity index (χ0n) is 12.4. The smallest absolute Gasteiger partial charge is 0.357 e. The number of hydrogen-bond donors (Lipinski definition) is 2. The Morgan fingerprint density at radius 1 is 1.29 bits per heavy atom. The number of halogens is 5. The maximum Gasteiger partial charge on any atom is 0.408 e. The number of alkyl halides is 3. The van der Waals surface area contributed by atoms with Crippen molar-refractivity contribution in [2.75, 3.05) is 10.6 Å². The normalized spacial score (nSPS) is 12.8. The predicted octanol–water partition coefficient (Wildman–Crippen LogP) is 3.16. The van der Waals surface area contributed by atoms with Crippen molar-refractivity contribution in [3.63, 3.8) is 0 Å². The van der Waals surface area contributed by atoms with Gasteiger partial charge in [0.15, 0.2) is 0 Å². The molecule has 5 nitrogen and oxygen atoms in total. The Hall–Kier alpha value is -2.65. The Labute approximate surface area is 133 Å². The van der Waals surface area contributed by atoms with Crippen LogP contribution in [0, 0.1) is 11.6 Å². The van der Waals surface area contributed by atoms with E-state index < -0.39 is 36.3 Å². The molecule has 1 aromatic heterocycles. The molecule has 1 aromatic carbocycles. The molecule has 0 aliphatic rings. The summed E-state index contributed by atoms with van der Waals surface area (Å²) in [6, 6.07) is 2.90. The third-order valence-corrected chi connectivity index (χ3v) is 2.93. The zero-order chi connectivity index (χ0) is 17.9. The van der Waals surface area contributed by atoms with Gasteiger partial charge >= 0.3 is 6.18 Å². The summed E-state index contributed by atoms with van der Waals surface area (Å²) < 4.78 is 63.9. The van der Waals surface area contributed by atoms with Gasteiger partial charge in [0.05, 0.1) is 5.69 Å². The molecule has 0 saturated carbocycles. The third-order valence-electron chi connectivity index (χ3n) is 2.93. The summed E-state index contributed by atoms with van der Waals surface area (Å²) in [6.07, 6.45) is -3.31. The molecule has 24 heavy (non-hydrogen) atoms. The van der Waals surface area contributed by atoms with Gasteiger partial charge in [-0.3, -0.25) is 9.48 Å². The highest BCUT2D eigenvalue weighted by Gasteiger charge is 2.28. The molecule has 0 aliphatic heterocycles. The second-order valence-electron chi connectivity index (χ2n) is 4.99. The first-order valence-electron chi connectivity index (χ1n) is 6.77. The summed E-state index contributed by atoms with van der Waals surface area (Å²) in [5.74, 6) is -2.20. The van der Waals surface area contributed by atoms with Crippen LogP contribution in [0.5, 0.6) is 0 Å². The maximum absolute atomic E-state index is 13.5. The molecular formula is C14H13F5N4O. The summed E-state index contributed by atoms with van der Waals surface area (Å²) in [5.41, 5.74) is -0.337. The van der Waals surface area contributed by atoms with E-state index in [1.54, 1.807) is 0 Å². The topological polar surface area (TPSA) is 59.0 Å². The van der Waals surface area contributed by atoms with Crippen LogP contribution in [0.1, 0.15) is 6.92 Å². The van der Waals surface area contributed by atoms with Crippen molar-refractivity contribution < 1.29 is 26.7 Å². The number of rotatable bonds is 5. The van der Waals surface area contributed by atoms with E-state index in [0.717, 1.165) is 24.4 Å². The van der Waals surface area contributed by atoms with E-state index in [-0.39, 0.29) is 11.5 Å². The van der Waals surface area contributed by atoms with Gasteiger partial charge in [0.25, 0.3) is 0 Å². The minimum absolute atomic E-state index is 0.0432. The highest BCUT2D eigenvalue weighted by molar-refractivity contribution is 5.96. The van der Waals surface area contributed by atoms with Gasteiger partial charge in [0, 0.05) is 18.3 Å². The molecular weight excluding hydrogens is 335 g/mol. The van der Waals surface area contributed by atoms with E-state index in [1.165, 1.54) is 13.0 Å². The Morgan fingerprint density at radius 3 is 2.67 bits per heavy atom. The SMILES string of the molecule is C[C@@H](Nc1ccn(CC(F)(F)F)n1)C(=O)Nc1cc(F)ccc1F. The standard InChI is InChI=1S/C14H13F5N4O/c1-8(13(24)21-11-6-9(15)2-3-10(11)16)20-12-4-5-23(22-12)7-14(17,18)19/h2-6,8H,7H2,1H3,(H,20,22)(H,21,24)/t8-/m1/s1. The Morgan fingerprint density at radius 2 is 2.00 bits per heavy atom. The van der Waals surface area contributed by atoms with Gasteiger partial charge in [0.2, 0.25) is 5.91 Å². The fraction of sp³-hybridized carbons (Fsp3) is 0.286. The Bertz CT molecular complexity index is 728. The average Bonchev–Trinajstić information content (AvgIpc) is 2.87. The van der Waals surface area contributed by atoms with Crippen LogP contribution in [-0.4, -0.2) is 27.9 Å². The van der Waals surface area contributed by atoms with Crippen LogP contribution < -0.4 is 10.6 Å². The lowest BCUT2D eigenvalue weighted by Crippen LogP contribution is -2.32. The second kappa shape index (κ2) is 6.85. The number of anilines is 2. The van der Waals surface area contributed by atoms with E-state index in [2.05, 4.69) is 15.7 Å². The molecule has 0 radical (unpaired) electrons. The minimum atomic E-state index is -4.42. The molecule has 10 heteroatoms. The van der Waals surface area contributed by atoms with Gasteiger partial charge in [-0.15, -0.1) is 0 Å². The molecule has 0 unspecified atom stereocenters. The predicted molar refractivity (Wildman–Crippen MR) is 76.4 cm³/mol. The molecule has 0 bridgehead atoms. The van der Waals surface area contributed by atoms with E-state index in [0.29, 0.717) is 4.68 Å². The summed E-state index contributed by atoms with van der Waals surface area (Å²) in [7, 11) is 0. The summed E-state index contributed by atoms with van der Waals surface area (Å²) in [5, 5.41) is 8.39. The number of amides is 1. The van der Waals surface area contributed by atoms with Crippen LogP contribution in [0.15, 0.2) is 30.5 Å². The fourth-order valence-corrected chi connectivity index (χ4v) is 1.83. The van der Waals surface area contributed by atoms with E-state index in [4.69, 9.17) is 0 Å². The van der Waals surface area contributed by atoms with Crippen molar-refractivity contribution >= 4 is 17.4 Å². The molecule has 0 saturated heterocycles. The quantitative estimate of drug-likeness (QED) is 0.816. The molecule has 1 amide bonds. The number of nitrogens with zero attached hydrogens (tertiary/aromatic N) is 2. The van der Waals surface area contributed by atoms with Crippen LogP contribution in [0.3, 0.4) is 0 Å². The molecule has 1 heterocycles. The van der Waals surface area contributed by atoms with Gasteiger partial charge < -0.3 is 10.6 Å². The monoisotopic (exact) mass is 348 g/mol. The molecule has 0 aliphatic carbocycles. The van der Waals surface area contributed by atoms with Gasteiger partial charge in [-0.2, -0.15) is 18.3 Å². The number of hydrogen-bond acceptors (Lipinski definition) is 3. The largest absolute Gasteiger partial charge is 0.408 e. The van der Waals surface area contributed by atoms with Crippen molar-refractivity contribution in [1.82, 2.24) is 9.78 Å². The van der Waals surface area contributed by atoms with Crippen LogP contribution in [0.4, 0.5) is 33.5 Å². The maximum atomic E-state index is 13.5. The Balaban J connectivity index is 1.98. The van der Waals surface area contributed by atoms with E-state index >= 15 is 0 Å². The summed E-state index contributed by atoms with van der Waals surface area (Å²) in [4.78, 5) is 11.9. The van der Waals surface area contributed by atoms with Crippen LogP contribution in [0.2, 0.25) is 0 Å². The number of nitrogens with one attached hydrogen (secondary N) is 2. The van der Waals surface area contributed by atoms with Crippen LogP contribution in [0.25, 0.3) is 0 Å². The van der Waals surface area contributed by atoms with E-state index in [9.17, 15) is 26.7 Å². The van der Waals surface area contributed by atoms with E-state index in [1.807, 2.05) is 0 Å². The fourth-order valence-electron chi connectivity index (χ4n) is 1.83. The van der Waals surface area contributed by atoms with Gasteiger partial charge in [-0.1, -0.05) is 0 Å². The van der Waals surface area contributed by atoms with Gasteiger partial charge in [0.1, 0.15) is 30.0 Å². The zero-order valence-corrected chi connectivity index (χ0v) is 12.4. The summed E-state index contributed by atoms with van der Waals surface area (Å²) in [6.45, 7) is 0.138. The lowest BCUT2D eigenvalue weighted by Gasteiger charge is -2.14. The summed E-state index contributed by atoms with van der Waals surface area (Å²) >= 11 is 0. The van der Waals surface area contributed by atoms with Gasteiger partial charge in [-0.05, 0) is 19.1 Å². The molecule has 0 spiro atoms. The molecule has 0 fully saturated rings. The average molecular weight is 348 g/mol. The molecule has 1 atom stereocenters. The highest BCUT2D eigenvalue weighted by atomic mass is 19.4. The first-order valence-corrected chi connectivity index (χ1v) is 6.77. The van der Waals surface area contributed by atoms with Crippen LogP contribution in [-0.2, 0) is 11.3 Å². The second-order valence-corrected chi connectivity index (χ2v) is 4.99. The number of carbonyl (C=O) groups excluding carboxylic acids is 1.